The van der Waals surface area contributed by atoms with Crippen LogP contribution >= 0.6 is 57.7 Å². The number of nitro benzene ring substituents is 1. The molecule has 0 saturated heterocycles. The van der Waals surface area contributed by atoms with Gasteiger partial charge >= 0.3 is 5.69 Å². The molecule has 0 aliphatic heterocycles. The highest BCUT2D eigenvalue weighted by Gasteiger charge is 2.28. The summed E-state index contributed by atoms with van der Waals surface area (Å²) in [6.07, 6.45) is 0. The van der Waals surface area contributed by atoms with Crippen molar-refractivity contribution in [3.8, 4) is 0 Å². The third-order valence-electron chi connectivity index (χ3n) is 2.44. The number of nitrogens with one attached hydrogen (secondary N) is 1. The zero-order chi connectivity index (χ0) is 14.9. The molecule has 20 heavy (non-hydrogen) atoms. The highest BCUT2D eigenvalue weighted by Crippen LogP contribution is 2.48. The van der Waals surface area contributed by atoms with Crippen LogP contribution in [-0.4, -0.2) is 4.92 Å². The lowest BCUT2D eigenvalue weighted by atomic mass is 10.2. The molecule has 4 nitrogen and oxygen atoms in total. The van der Waals surface area contributed by atoms with Crippen LogP contribution in [0.15, 0.2) is 17.5 Å². The number of halogens is 4. The molecule has 1 aromatic heterocycles. The summed E-state index contributed by atoms with van der Waals surface area (Å²) in [5.74, 6) is 0. The van der Waals surface area contributed by atoms with E-state index >= 15 is 0 Å². The molecule has 2 rings (SSSR count). The second-order valence-electron chi connectivity index (χ2n) is 3.67. The van der Waals surface area contributed by atoms with Crippen LogP contribution in [0.3, 0.4) is 0 Å². The molecule has 1 heterocycles. The predicted octanol–water partition coefficient (Wildman–Crippen LogP) is 5.88. The van der Waals surface area contributed by atoms with Crippen molar-refractivity contribution in [3.05, 3.63) is 52.6 Å². The van der Waals surface area contributed by atoms with Gasteiger partial charge in [-0.25, -0.2) is 0 Å². The van der Waals surface area contributed by atoms with Crippen LogP contribution < -0.4 is 5.32 Å². The van der Waals surface area contributed by atoms with E-state index in [1.807, 2.05) is 17.5 Å². The molecule has 0 bridgehead atoms. The van der Waals surface area contributed by atoms with Crippen molar-refractivity contribution in [2.75, 3.05) is 5.32 Å². The van der Waals surface area contributed by atoms with E-state index in [1.54, 1.807) is 0 Å². The van der Waals surface area contributed by atoms with E-state index in [1.165, 1.54) is 11.3 Å². The molecule has 0 atom stereocenters. The van der Waals surface area contributed by atoms with Gasteiger partial charge in [0.2, 0.25) is 0 Å². The highest BCUT2D eigenvalue weighted by atomic mass is 35.5. The Labute approximate surface area is 138 Å². The van der Waals surface area contributed by atoms with E-state index in [0.717, 1.165) is 4.88 Å². The number of nitrogens with zero attached hydrogens (tertiary/aromatic N) is 1. The summed E-state index contributed by atoms with van der Waals surface area (Å²) in [5, 5.41) is 15.5. The van der Waals surface area contributed by atoms with Crippen LogP contribution in [0, 0.1) is 10.1 Å². The molecule has 0 fully saturated rings. The topological polar surface area (TPSA) is 55.2 Å². The first-order chi connectivity index (χ1) is 9.43. The standard InChI is InChI=1S/C11H6Cl4N2O2S/c12-6-7(13)9(15)11(17(18)19)10(8(6)14)16-4-5-2-1-3-20-5/h1-3,16H,4H2. The van der Waals surface area contributed by atoms with Crippen molar-refractivity contribution >= 4 is 69.1 Å². The number of anilines is 1. The van der Waals surface area contributed by atoms with Crippen molar-refractivity contribution in [2.45, 2.75) is 6.54 Å². The predicted molar refractivity (Wildman–Crippen MR) is 84.8 cm³/mol. The zero-order valence-electron chi connectivity index (χ0n) is 9.62. The summed E-state index contributed by atoms with van der Waals surface area (Å²) in [6.45, 7) is 0.368. The molecule has 0 radical (unpaired) electrons. The molecule has 0 amide bonds. The minimum Gasteiger partial charge on any atom is -0.373 e. The van der Waals surface area contributed by atoms with E-state index in [2.05, 4.69) is 5.32 Å². The summed E-state index contributed by atoms with van der Waals surface area (Å²) >= 11 is 25.1. The van der Waals surface area contributed by atoms with Gasteiger partial charge in [0.1, 0.15) is 10.7 Å². The summed E-state index contributed by atoms with van der Waals surface area (Å²) in [7, 11) is 0. The van der Waals surface area contributed by atoms with Gasteiger partial charge in [-0.05, 0) is 11.4 Å². The largest absolute Gasteiger partial charge is 0.373 e. The van der Waals surface area contributed by atoms with Gasteiger partial charge in [-0.2, -0.15) is 0 Å². The Morgan fingerprint density at radius 1 is 1.15 bits per heavy atom. The van der Waals surface area contributed by atoms with E-state index < -0.39 is 4.92 Å². The van der Waals surface area contributed by atoms with Gasteiger partial charge in [0, 0.05) is 11.4 Å². The molecular weight excluding hydrogens is 366 g/mol. The third-order valence-corrected chi connectivity index (χ3v) is 5.11. The monoisotopic (exact) mass is 370 g/mol. The van der Waals surface area contributed by atoms with Crippen LogP contribution in [0.5, 0.6) is 0 Å². The molecule has 0 saturated carbocycles. The molecule has 2 aromatic rings. The number of rotatable bonds is 4. The lowest BCUT2D eigenvalue weighted by molar-refractivity contribution is -0.383. The van der Waals surface area contributed by atoms with Crippen molar-refractivity contribution in [3.63, 3.8) is 0 Å². The fraction of sp³-hybridized carbons (Fsp3) is 0.0909. The SMILES string of the molecule is O=[N+]([O-])c1c(Cl)c(Cl)c(Cl)c(Cl)c1NCc1cccs1. The second kappa shape index (κ2) is 6.37. The van der Waals surface area contributed by atoms with E-state index in [9.17, 15) is 10.1 Å². The number of benzene rings is 1. The van der Waals surface area contributed by atoms with Crippen LogP contribution in [0.2, 0.25) is 20.1 Å². The maximum absolute atomic E-state index is 11.1. The third kappa shape index (κ3) is 2.97. The van der Waals surface area contributed by atoms with Gasteiger partial charge in [0.25, 0.3) is 0 Å². The van der Waals surface area contributed by atoms with Gasteiger partial charge in [0.05, 0.1) is 20.0 Å². The van der Waals surface area contributed by atoms with Gasteiger partial charge in [-0.3, -0.25) is 10.1 Å². The van der Waals surface area contributed by atoms with E-state index in [-0.39, 0.29) is 31.5 Å². The molecule has 1 N–H and O–H groups in total. The number of hydrogen-bond acceptors (Lipinski definition) is 4. The molecular formula is C11H6Cl4N2O2S. The lowest BCUT2D eigenvalue weighted by Crippen LogP contribution is -2.03. The quantitative estimate of drug-likeness (QED) is 0.316. The van der Waals surface area contributed by atoms with E-state index in [0.29, 0.717) is 6.54 Å². The molecule has 1 aromatic carbocycles. The van der Waals surface area contributed by atoms with Gasteiger partial charge < -0.3 is 5.32 Å². The lowest BCUT2D eigenvalue weighted by Gasteiger charge is -2.12. The minimum atomic E-state index is -0.646. The first-order valence-electron chi connectivity index (χ1n) is 5.20. The summed E-state index contributed by atoms with van der Waals surface area (Å²) < 4.78 is 0. The Balaban J connectivity index is 2.47. The molecule has 0 spiro atoms. The molecule has 0 unspecified atom stereocenters. The fourth-order valence-corrected chi connectivity index (χ4v) is 3.16. The Bertz CT molecular complexity index is 661. The van der Waals surface area contributed by atoms with Crippen LogP contribution in [0.1, 0.15) is 4.88 Å². The van der Waals surface area contributed by atoms with Crippen LogP contribution in [0.25, 0.3) is 0 Å². The number of nitro groups is 1. The van der Waals surface area contributed by atoms with Crippen molar-refractivity contribution < 1.29 is 4.92 Å². The van der Waals surface area contributed by atoms with Crippen molar-refractivity contribution in [1.29, 1.82) is 0 Å². The number of hydrogen-bond donors (Lipinski definition) is 1. The Hall–Kier alpha value is -0.720. The van der Waals surface area contributed by atoms with E-state index in [4.69, 9.17) is 46.4 Å². The average Bonchev–Trinajstić information content (AvgIpc) is 2.91. The molecule has 106 valence electrons. The normalized spacial score (nSPS) is 10.6. The van der Waals surface area contributed by atoms with Crippen molar-refractivity contribution in [2.24, 2.45) is 0 Å². The summed E-state index contributed by atoms with van der Waals surface area (Å²) in [6, 6.07) is 3.76. The maximum Gasteiger partial charge on any atom is 0.313 e. The first kappa shape index (κ1) is 15.7. The van der Waals surface area contributed by atoms with Crippen molar-refractivity contribution in [1.82, 2.24) is 0 Å². The Morgan fingerprint density at radius 2 is 1.80 bits per heavy atom. The smallest absolute Gasteiger partial charge is 0.313 e. The molecule has 0 aliphatic rings. The average molecular weight is 372 g/mol. The second-order valence-corrected chi connectivity index (χ2v) is 6.21. The maximum atomic E-state index is 11.1. The Morgan fingerprint density at radius 3 is 2.35 bits per heavy atom. The van der Waals surface area contributed by atoms with Crippen LogP contribution in [-0.2, 0) is 6.54 Å². The fourth-order valence-electron chi connectivity index (χ4n) is 1.54. The van der Waals surface area contributed by atoms with Crippen LogP contribution in [0.4, 0.5) is 11.4 Å². The molecule has 0 aliphatic carbocycles. The minimum absolute atomic E-state index is 0.0161. The Kier molecular flexibility index (Phi) is 4.99. The summed E-state index contributed by atoms with van der Waals surface area (Å²) in [4.78, 5) is 11.5. The molecule has 9 heteroatoms. The zero-order valence-corrected chi connectivity index (χ0v) is 13.5. The van der Waals surface area contributed by atoms with Gasteiger partial charge in [0.15, 0.2) is 0 Å². The van der Waals surface area contributed by atoms with Gasteiger partial charge in [-0.1, -0.05) is 52.5 Å². The summed E-state index contributed by atoms with van der Waals surface area (Å²) in [5.41, 5.74) is -0.327. The van der Waals surface area contributed by atoms with Gasteiger partial charge in [-0.15, -0.1) is 11.3 Å². The highest BCUT2D eigenvalue weighted by molar-refractivity contribution is 7.09. The first-order valence-corrected chi connectivity index (χ1v) is 7.59. The number of thiophene rings is 1.